The second-order valence-electron chi connectivity index (χ2n) is 7.28. The first-order valence-corrected chi connectivity index (χ1v) is 9.42. The number of pyridine rings is 1. The van der Waals surface area contributed by atoms with E-state index in [0.29, 0.717) is 31.9 Å². The van der Waals surface area contributed by atoms with Gasteiger partial charge in [-0.05, 0) is 37.6 Å². The van der Waals surface area contributed by atoms with Crippen LogP contribution in [0.25, 0.3) is 0 Å². The number of nitrogens with one attached hydrogen (secondary N) is 1. The second-order valence-corrected chi connectivity index (χ2v) is 7.28. The van der Waals surface area contributed by atoms with Gasteiger partial charge in [-0.25, -0.2) is 4.98 Å². The lowest BCUT2D eigenvalue weighted by molar-refractivity contribution is -0.181. The number of carbonyl (C=O) groups is 1. The zero-order valence-corrected chi connectivity index (χ0v) is 15.8. The summed E-state index contributed by atoms with van der Waals surface area (Å²) in [7, 11) is 0. The minimum Gasteiger partial charge on any atom is -0.347 e. The predicted octanol–water partition coefficient (Wildman–Crippen LogP) is 3.42. The molecule has 142 valence electrons. The highest BCUT2D eigenvalue weighted by Crippen LogP contribution is 2.31. The molecule has 0 radical (unpaired) electrons. The fourth-order valence-corrected chi connectivity index (χ4v) is 3.70. The van der Waals surface area contributed by atoms with Crippen molar-refractivity contribution in [2.24, 2.45) is 0 Å². The maximum Gasteiger partial charge on any atom is 0.255 e. The molecular formula is C21H25N3O3. The minimum absolute atomic E-state index is 0.00779. The number of ether oxygens (including phenoxy) is 2. The summed E-state index contributed by atoms with van der Waals surface area (Å²) in [4.78, 5) is 19.0. The van der Waals surface area contributed by atoms with Gasteiger partial charge in [0.15, 0.2) is 5.79 Å². The van der Waals surface area contributed by atoms with Crippen LogP contribution in [0.2, 0.25) is 0 Å². The highest BCUT2D eigenvalue weighted by Gasteiger charge is 2.40. The average molecular weight is 367 g/mol. The highest BCUT2D eigenvalue weighted by atomic mass is 16.7. The van der Waals surface area contributed by atoms with Gasteiger partial charge in [0, 0.05) is 37.8 Å². The van der Waals surface area contributed by atoms with E-state index in [4.69, 9.17) is 9.47 Å². The SMILES string of the molecule is Cc1ccc(Nc2ccc(C(=O)N3CCC4(CC3)OCCO4)cn2)c(C)c1. The Morgan fingerprint density at radius 1 is 1.11 bits per heavy atom. The molecule has 6 nitrogen and oxygen atoms in total. The molecule has 2 fully saturated rings. The van der Waals surface area contributed by atoms with Crippen LogP contribution in [0.3, 0.4) is 0 Å². The van der Waals surface area contributed by atoms with Gasteiger partial charge in [-0.1, -0.05) is 17.7 Å². The molecule has 2 aliphatic rings. The molecule has 4 rings (SSSR count). The van der Waals surface area contributed by atoms with Crippen molar-refractivity contribution in [1.29, 1.82) is 0 Å². The third kappa shape index (κ3) is 3.82. The van der Waals surface area contributed by atoms with E-state index in [1.54, 1.807) is 6.20 Å². The summed E-state index contributed by atoms with van der Waals surface area (Å²) in [5.74, 6) is 0.270. The maximum atomic E-state index is 12.7. The van der Waals surface area contributed by atoms with Crippen LogP contribution in [0.4, 0.5) is 11.5 Å². The van der Waals surface area contributed by atoms with Gasteiger partial charge in [-0.15, -0.1) is 0 Å². The fraction of sp³-hybridized carbons (Fsp3) is 0.429. The van der Waals surface area contributed by atoms with Crippen molar-refractivity contribution in [3.63, 3.8) is 0 Å². The second kappa shape index (κ2) is 7.29. The molecule has 1 amide bonds. The third-order valence-corrected chi connectivity index (χ3v) is 5.28. The lowest BCUT2D eigenvalue weighted by atomic mass is 10.0. The van der Waals surface area contributed by atoms with Gasteiger partial charge in [0.25, 0.3) is 5.91 Å². The number of aromatic nitrogens is 1. The first-order valence-electron chi connectivity index (χ1n) is 9.42. The smallest absolute Gasteiger partial charge is 0.255 e. The first kappa shape index (κ1) is 17.9. The number of hydrogen-bond donors (Lipinski definition) is 1. The molecule has 1 aromatic heterocycles. The molecule has 1 aromatic carbocycles. The van der Waals surface area contributed by atoms with Crippen LogP contribution in [0.5, 0.6) is 0 Å². The van der Waals surface area contributed by atoms with Crippen LogP contribution in [0.15, 0.2) is 36.5 Å². The number of benzene rings is 1. The number of carbonyl (C=O) groups excluding carboxylic acids is 1. The molecule has 2 aliphatic heterocycles. The Balaban J connectivity index is 1.39. The number of anilines is 2. The molecular weight excluding hydrogens is 342 g/mol. The summed E-state index contributed by atoms with van der Waals surface area (Å²) < 4.78 is 11.4. The van der Waals surface area contributed by atoms with Crippen molar-refractivity contribution >= 4 is 17.4 Å². The lowest BCUT2D eigenvalue weighted by Crippen LogP contribution is -2.47. The molecule has 3 heterocycles. The zero-order chi connectivity index (χ0) is 18.9. The Hall–Kier alpha value is -2.44. The molecule has 0 aliphatic carbocycles. The fourth-order valence-electron chi connectivity index (χ4n) is 3.70. The number of likely N-dealkylation sites (tertiary alicyclic amines) is 1. The topological polar surface area (TPSA) is 63.7 Å². The Morgan fingerprint density at radius 3 is 2.48 bits per heavy atom. The van der Waals surface area contributed by atoms with Gasteiger partial charge >= 0.3 is 0 Å². The molecule has 2 saturated heterocycles. The molecule has 0 bridgehead atoms. The van der Waals surface area contributed by atoms with E-state index in [1.165, 1.54) is 5.56 Å². The summed E-state index contributed by atoms with van der Waals surface area (Å²) >= 11 is 0. The van der Waals surface area contributed by atoms with Crippen molar-refractivity contribution in [2.45, 2.75) is 32.5 Å². The van der Waals surface area contributed by atoms with Crippen LogP contribution in [-0.4, -0.2) is 47.9 Å². The van der Waals surface area contributed by atoms with Crippen LogP contribution in [-0.2, 0) is 9.47 Å². The molecule has 0 unspecified atom stereocenters. The lowest BCUT2D eigenvalue weighted by Gasteiger charge is -2.37. The van der Waals surface area contributed by atoms with Crippen LogP contribution >= 0.6 is 0 Å². The van der Waals surface area contributed by atoms with E-state index >= 15 is 0 Å². The number of amides is 1. The quantitative estimate of drug-likeness (QED) is 0.901. The minimum atomic E-state index is -0.464. The Bertz CT molecular complexity index is 819. The summed E-state index contributed by atoms with van der Waals surface area (Å²) in [5.41, 5.74) is 4.01. The summed E-state index contributed by atoms with van der Waals surface area (Å²) in [6, 6.07) is 9.91. The van der Waals surface area contributed by atoms with Gasteiger partial charge < -0.3 is 19.7 Å². The standard InChI is InChI=1S/C21H25N3O3/c1-15-3-5-18(16(2)13-15)23-19-6-4-17(14-22-19)20(25)24-9-7-21(8-10-24)26-11-12-27-21/h3-6,13-14H,7-12H2,1-2H3,(H,22,23). The zero-order valence-electron chi connectivity index (χ0n) is 15.8. The molecule has 27 heavy (non-hydrogen) atoms. The molecule has 1 N–H and O–H groups in total. The van der Waals surface area contributed by atoms with Crippen molar-refractivity contribution in [1.82, 2.24) is 9.88 Å². The van der Waals surface area contributed by atoms with E-state index in [9.17, 15) is 4.79 Å². The molecule has 6 heteroatoms. The number of rotatable bonds is 3. The van der Waals surface area contributed by atoms with Gasteiger partial charge in [0.05, 0.1) is 18.8 Å². The number of nitrogens with zero attached hydrogens (tertiary/aromatic N) is 2. The van der Waals surface area contributed by atoms with E-state index in [2.05, 4.69) is 36.3 Å². The van der Waals surface area contributed by atoms with E-state index < -0.39 is 5.79 Å². The predicted molar refractivity (Wildman–Crippen MR) is 103 cm³/mol. The van der Waals surface area contributed by atoms with Crippen molar-refractivity contribution in [2.75, 3.05) is 31.6 Å². The molecule has 2 aromatic rings. The van der Waals surface area contributed by atoms with Crippen LogP contribution < -0.4 is 5.32 Å². The van der Waals surface area contributed by atoms with Crippen LogP contribution in [0.1, 0.15) is 34.3 Å². The Kier molecular flexibility index (Phi) is 4.85. The van der Waals surface area contributed by atoms with Crippen molar-refractivity contribution in [3.8, 4) is 0 Å². The first-order chi connectivity index (χ1) is 13.0. The van der Waals surface area contributed by atoms with Gasteiger partial charge in [-0.3, -0.25) is 4.79 Å². The Labute approximate surface area is 159 Å². The van der Waals surface area contributed by atoms with E-state index in [0.717, 1.165) is 29.9 Å². The molecule has 0 saturated carbocycles. The van der Waals surface area contributed by atoms with Crippen molar-refractivity contribution in [3.05, 3.63) is 53.2 Å². The monoisotopic (exact) mass is 367 g/mol. The number of aryl methyl sites for hydroxylation is 2. The largest absolute Gasteiger partial charge is 0.347 e. The number of piperidine rings is 1. The highest BCUT2D eigenvalue weighted by molar-refractivity contribution is 5.94. The van der Waals surface area contributed by atoms with Gasteiger partial charge in [0.1, 0.15) is 5.82 Å². The number of hydrogen-bond acceptors (Lipinski definition) is 5. The Morgan fingerprint density at radius 2 is 1.85 bits per heavy atom. The van der Waals surface area contributed by atoms with E-state index in [-0.39, 0.29) is 5.91 Å². The normalized spacial score (nSPS) is 18.7. The maximum absolute atomic E-state index is 12.7. The van der Waals surface area contributed by atoms with Crippen molar-refractivity contribution < 1.29 is 14.3 Å². The van der Waals surface area contributed by atoms with E-state index in [1.807, 2.05) is 23.1 Å². The molecule has 0 atom stereocenters. The van der Waals surface area contributed by atoms with Gasteiger partial charge in [-0.2, -0.15) is 0 Å². The average Bonchev–Trinajstić information content (AvgIpc) is 3.13. The third-order valence-electron chi connectivity index (χ3n) is 5.28. The summed E-state index contributed by atoms with van der Waals surface area (Å²) in [6.07, 6.45) is 3.08. The van der Waals surface area contributed by atoms with Crippen LogP contribution in [0, 0.1) is 13.8 Å². The summed E-state index contributed by atoms with van der Waals surface area (Å²) in [5, 5.41) is 3.31. The summed E-state index contributed by atoms with van der Waals surface area (Å²) in [6.45, 7) is 6.71. The van der Waals surface area contributed by atoms with Gasteiger partial charge in [0.2, 0.25) is 0 Å². The molecule has 1 spiro atoms.